The van der Waals surface area contributed by atoms with Crippen LogP contribution in [-0.4, -0.2) is 39.5 Å². The number of allylic oxidation sites excluding steroid dienone is 1. The Morgan fingerprint density at radius 3 is 2.19 bits per heavy atom. The third-order valence-electron chi connectivity index (χ3n) is 4.56. The fourth-order valence-corrected chi connectivity index (χ4v) is 4.26. The average molecular weight is 368 g/mol. The predicted octanol–water partition coefficient (Wildman–Crippen LogP) is 1.23. The summed E-state index contributed by atoms with van der Waals surface area (Å²) in [5, 5.41) is 9.37. The highest BCUT2D eigenvalue weighted by Crippen LogP contribution is 2.18. The Balaban J connectivity index is 1.66. The van der Waals surface area contributed by atoms with Gasteiger partial charge in [-0.2, -0.15) is 5.26 Å². The smallest absolute Gasteiger partial charge is 0.218 e. The molecule has 1 saturated heterocycles. The summed E-state index contributed by atoms with van der Waals surface area (Å²) in [6, 6.07) is 20.3. The molecule has 0 atom stereocenters. The molecule has 0 spiro atoms. The molecule has 26 heavy (non-hydrogen) atoms. The zero-order chi connectivity index (χ0) is 18.4. The maximum absolute atomic E-state index is 12.6. The van der Waals surface area contributed by atoms with Crippen molar-refractivity contribution in [3.8, 4) is 6.07 Å². The van der Waals surface area contributed by atoms with Crippen molar-refractivity contribution in [3.63, 3.8) is 0 Å². The Kier molecular flexibility index (Phi) is 5.71. The van der Waals surface area contributed by atoms with E-state index in [1.807, 2.05) is 29.2 Å². The molecule has 2 aromatic carbocycles. The van der Waals surface area contributed by atoms with Gasteiger partial charge in [-0.25, -0.2) is 8.42 Å². The summed E-state index contributed by atoms with van der Waals surface area (Å²) in [7, 11) is -3.76. The molecule has 1 heterocycles. The van der Waals surface area contributed by atoms with Crippen molar-refractivity contribution in [1.29, 1.82) is 5.26 Å². The molecule has 0 radical (unpaired) electrons. The molecule has 5 nitrogen and oxygen atoms in total. The van der Waals surface area contributed by atoms with Gasteiger partial charge in [0.25, 0.3) is 0 Å². The molecule has 1 aliphatic heterocycles. The van der Waals surface area contributed by atoms with Crippen LogP contribution in [0.2, 0.25) is 0 Å². The Bertz CT molecular complexity index is 895. The Labute approximate surface area is 154 Å². The monoisotopic (exact) mass is 368 g/mol. The minimum absolute atomic E-state index is 0.154. The lowest BCUT2D eigenvalue weighted by Crippen LogP contribution is -3.13. The number of nitrogens with zero attached hydrogens (tertiary/aromatic N) is 2. The first-order chi connectivity index (χ1) is 12.6. The van der Waals surface area contributed by atoms with Gasteiger partial charge in [-0.05, 0) is 12.1 Å². The van der Waals surface area contributed by atoms with Crippen LogP contribution in [0.1, 0.15) is 5.56 Å². The van der Waals surface area contributed by atoms with Crippen LogP contribution in [0.4, 0.5) is 0 Å². The van der Waals surface area contributed by atoms with Gasteiger partial charge >= 0.3 is 0 Å². The van der Waals surface area contributed by atoms with E-state index in [0.29, 0.717) is 0 Å². The molecule has 1 N–H and O–H groups in total. The maximum Gasteiger partial charge on any atom is 0.218 e. The highest BCUT2D eigenvalue weighted by molar-refractivity contribution is 7.95. The lowest BCUT2D eigenvalue weighted by atomic mass is 10.2. The van der Waals surface area contributed by atoms with Gasteiger partial charge in [-0.3, -0.25) is 0 Å². The molecule has 0 unspecified atom stereocenters. The van der Waals surface area contributed by atoms with Crippen LogP contribution in [0.3, 0.4) is 0 Å². The SMILES string of the molecule is N#C/C(=C\N1CC[NH+](Cc2ccccc2)CC1)S(=O)(=O)c1ccccc1. The van der Waals surface area contributed by atoms with Crippen molar-refractivity contribution in [2.45, 2.75) is 11.4 Å². The molecule has 0 bridgehead atoms. The predicted molar refractivity (Wildman–Crippen MR) is 99.7 cm³/mol. The minimum Gasteiger partial charge on any atom is -0.364 e. The zero-order valence-electron chi connectivity index (χ0n) is 14.5. The van der Waals surface area contributed by atoms with Crippen LogP contribution in [0.5, 0.6) is 0 Å². The van der Waals surface area contributed by atoms with E-state index < -0.39 is 9.84 Å². The van der Waals surface area contributed by atoms with Gasteiger partial charge in [-0.15, -0.1) is 0 Å². The Morgan fingerprint density at radius 2 is 1.62 bits per heavy atom. The third-order valence-corrected chi connectivity index (χ3v) is 6.22. The van der Waals surface area contributed by atoms with Crippen molar-refractivity contribution >= 4 is 9.84 Å². The second-order valence-electron chi connectivity index (χ2n) is 6.37. The van der Waals surface area contributed by atoms with Crippen LogP contribution < -0.4 is 4.90 Å². The van der Waals surface area contributed by atoms with E-state index in [2.05, 4.69) is 12.1 Å². The van der Waals surface area contributed by atoms with Crippen LogP contribution >= 0.6 is 0 Å². The first-order valence-electron chi connectivity index (χ1n) is 8.63. The second-order valence-corrected chi connectivity index (χ2v) is 8.29. The van der Waals surface area contributed by atoms with E-state index in [1.54, 1.807) is 18.2 Å². The van der Waals surface area contributed by atoms with Crippen LogP contribution in [-0.2, 0) is 16.4 Å². The van der Waals surface area contributed by atoms with Gasteiger partial charge < -0.3 is 9.80 Å². The summed E-state index contributed by atoms with van der Waals surface area (Å²) in [6.07, 6.45) is 1.50. The summed E-state index contributed by atoms with van der Waals surface area (Å²) in [5.74, 6) is 0. The lowest BCUT2D eigenvalue weighted by Gasteiger charge is -2.31. The average Bonchev–Trinajstić information content (AvgIpc) is 2.68. The molecule has 0 amide bonds. The van der Waals surface area contributed by atoms with Crippen LogP contribution in [0.25, 0.3) is 0 Å². The van der Waals surface area contributed by atoms with Gasteiger partial charge in [0.2, 0.25) is 9.84 Å². The summed E-state index contributed by atoms with van der Waals surface area (Å²) in [4.78, 5) is 3.36. The number of benzene rings is 2. The second kappa shape index (κ2) is 8.17. The first-order valence-corrected chi connectivity index (χ1v) is 10.1. The number of quaternary nitrogens is 1. The van der Waals surface area contributed by atoms with Gasteiger partial charge in [0.15, 0.2) is 4.91 Å². The highest BCUT2D eigenvalue weighted by Gasteiger charge is 2.24. The lowest BCUT2D eigenvalue weighted by molar-refractivity contribution is -0.917. The molecule has 0 aromatic heterocycles. The van der Waals surface area contributed by atoms with Crippen molar-refractivity contribution in [2.75, 3.05) is 26.2 Å². The molecule has 1 fully saturated rings. The molecule has 0 saturated carbocycles. The van der Waals surface area contributed by atoms with E-state index in [9.17, 15) is 13.7 Å². The molecule has 6 heteroatoms. The Morgan fingerprint density at radius 1 is 1.04 bits per heavy atom. The van der Waals surface area contributed by atoms with Gasteiger partial charge in [0.05, 0.1) is 31.1 Å². The minimum atomic E-state index is -3.76. The fourth-order valence-electron chi connectivity index (χ4n) is 3.08. The molecule has 2 aromatic rings. The standard InChI is InChI=1S/C20H21N3O2S/c21-15-20(26(24,25)19-9-5-2-6-10-19)17-23-13-11-22(12-14-23)16-18-7-3-1-4-8-18/h1-10,17H,11-14,16H2/p+1/b20-17+. The summed E-state index contributed by atoms with van der Waals surface area (Å²) < 4.78 is 25.2. The molecule has 134 valence electrons. The normalized spacial score (nSPS) is 16.3. The number of rotatable bonds is 5. The van der Waals surface area contributed by atoms with E-state index >= 15 is 0 Å². The maximum atomic E-state index is 12.6. The van der Waals surface area contributed by atoms with E-state index in [4.69, 9.17) is 0 Å². The zero-order valence-corrected chi connectivity index (χ0v) is 15.3. The summed E-state index contributed by atoms with van der Waals surface area (Å²) in [6.45, 7) is 4.26. The summed E-state index contributed by atoms with van der Waals surface area (Å²) in [5.41, 5.74) is 1.30. The quantitative estimate of drug-likeness (QED) is 0.806. The number of hydrogen-bond donors (Lipinski definition) is 1. The van der Waals surface area contributed by atoms with E-state index in [-0.39, 0.29) is 9.80 Å². The van der Waals surface area contributed by atoms with Crippen LogP contribution in [0, 0.1) is 11.3 Å². The number of piperazine rings is 1. The molecular weight excluding hydrogens is 346 g/mol. The topological polar surface area (TPSA) is 65.6 Å². The number of nitriles is 1. The number of sulfone groups is 1. The fraction of sp³-hybridized carbons (Fsp3) is 0.250. The molecular formula is C20H22N3O2S+. The van der Waals surface area contributed by atoms with Crippen LogP contribution in [0.15, 0.2) is 76.7 Å². The number of nitrogens with one attached hydrogen (secondary N) is 1. The highest BCUT2D eigenvalue weighted by atomic mass is 32.2. The molecule has 1 aliphatic rings. The van der Waals surface area contributed by atoms with Crippen molar-refractivity contribution in [2.24, 2.45) is 0 Å². The third kappa shape index (κ3) is 4.31. The van der Waals surface area contributed by atoms with Crippen molar-refractivity contribution in [1.82, 2.24) is 4.90 Å². The first kappa shape index (κ1) is 18.2. The molecule has 0 aliphatic carbocycles. The van der Waals surface area contributed by atoms with Gasteiger partial charge in [-0.1, -0.05) is 48.5 Å². The van der Waals surface area contributed by atoms with E-state index in [0.717, 1.165) is 32.7 Å². The molecule has 3 rings (SSSR count). The van der Waals surface area contributed by atoms with Crippen molar-refractivity contribution < 1.29 is 13.3 Å². The Hall–Kier alpha value is -2.62. The van der Waals surface area contributed by atoms with Gasteiger partial charge in [0, 0.05) is 11.8 Å². The van der Waals surface area contributed by atoms with Crippen molar-refractivity contribution in [3.05, 3.63) is 77.3 Å². The number of hydrogen-bond acceptors (Lipinski definition) is 4. The van der Waals surface area contributed by atoms with E-state index in [1.165, 1.54) is 28.8 Å². The largest absolute Gasteiger partial charge is 0.364 e. The van der Waals surface area contributed by atoms with Gasteiger partial charge in [0.1, 0.15) is 12.6 Å². The summed E-state index contributed by atoms with van der Waals surface area (Å²) >= 11 is 0.